The second kappa shape index (κ2) is 6.71. The Kier molecular flexibility index (Phi) is 4.29. The van der Waals surface area contributed by atoms with Crippen molar-refractivity contribution in [3.8, 4) is 0 Å². The second-order valence-corrected chi connectivity index (χ2v) is 9.29. The quantitative estimate of drug-likeness (QED) is 0.816. The smallest absolute Gasteiger partial charge is 0.233 e. The normalized spacial score (nSPS) is 36.7. The number of nitrogens with zero attached hydrogens (tertiary/aromatic N) is 1. The van der Waals surface area contributed by atoms with Gasteiger partial charge >= 0.3 is 0 Å². The van der Waals surface area contributed by atoms with Crippen molar-refractivity contribution < 1.29 is 14.4 Å². The molecule has 0 unspecified atom stereocenters. The van der Waals surface area contributed by atoms with Crippen LogP contribution < -0.4 is 5.32 Å². The van der Waals surface area contributed by atoms with E-state index in [9.17, 15) is 14.4 Å². The third-order valence-electron chi connectivity index (χ3n) is 7.71. The molecule has 4 aliphatic rings. The monoisotopic (exact) mass is 380 g/mol. The molecule has 5 nitrogen and oxygen atoms in total. The number of carbonyl (C=O) groups is 3. The van der Waals surface area contributed by atoms with Crippen molar-refractivity contribution >= 4 is 23.4 Å². The molecule has 3 saturated carbocycles. The molecule has 28 heavy (non-hydrogen) atoms. The predicted octanol–water partition coefficient (Wildman–Crippen LogP) is 3.52. The Morgan fingerprint density at radius 3 is 2.04 bits per heavy atom. The van der Waals surface area contributed by atoms with Gasteiger partial charge in [0.25, 0.3) is 0 Å². The van der Waals surface area contributed by atoms with Gasteiger partial charge < -0.3 is 5.32 Å². The van der Waals surface area contributed by atoms with Crippen molar-refractivity contribution in [2.75, 3.05) is 5.32 Å². The van der Waals surface area contributed by atoms with Crippen LogP contribution in [0.3, 0.4) is 0 Å². The zero-order valence-corrected chi connectivity index (χ0v) is 16.4. The second-order valence-electron chi connectivity index (χ2n) is 9.29. The lowest BCUT2D eigenvalue weighted by atomic mass is 9.81. The highest BCUT2D eigenvalue weighted by atomic mass is 16.2. The molecule has 0 radical (unpaired) electrons. The van der Waals surface area contributed by atoms with Gasteiger partial charge in [-0.25, -0.2) is 0 Å². The summed E-state index contributed by atoms with van der Waals surface area (Å²) >= 11 is 0. The van der Waals surface area contributed by atoms with Gasteiger partial charge in [-0.05, 0) is 75.8 Å². The van der Waals surface area contributed by atoms with E-state index < -0.39 is 0 Å². The molecule has 0 aromatic heterocycles. The summed E-state index contributed by atoms with van der Waals surface area (Å²) in [6, 6.07) is 7.82. The molecular formula is C23H28N2O3. The fourth-order valence-electron chi connectivity index (χ4n) is 6.27. The minimum Gasteiger partial charge on any atom is -0.326 e. The standard InChI is InChI=1S/C23H28N2O3/c1-13-2-8-17(9-3-13)24-21(26)14-6-10-18(11-7-14)25-22(27)19-15-4-5-16(12-15)20(19)23(25)28/h2-3,8-9,14-16,18-20H,4-7,10-12H2,1H3,(H,24,26)/t14?,15-,16+,18?,19-,20-/m0/s1. The number of benzene rings is 1. The molecule has 5 heteroatoms. The van der Waals surface area contributed by atoms with Gasteiger partial charge in [0, 0.05) is 17.6 Å². The van der Waals surface area contributed by atoms with E-state index >= 15 is 0 Å². The maximum Gasteiger partial charge on any atom is 0.233 e. The molecule has 5 rings (SSSR count). The summed E-state index contributed by atoms with van der Waals surface area (Å²) in [7, 11) is 0. The minimum atomic E-state index is -0.0407. The molecular weight excluding hydrogens is 352 g/mol. The Hall–Kier alpha value is -2.17. The molecule has 2 bridgehead atoms. The van der Waals surface area contributed by atoms with Gasteiger partial charge in [0.05, 0.1) is 11.8 Å². The summed E-state index contributed by atoms with van der Waals surface area (Å²) in [6.07, 6.45) is 6.28. The first kappa shape index (κ1) is 17.9. The third-order valence-corrected chi connectivity index (χ3v) is 7.71. The van der Waals surface area contributed by atoms with Crippen LogP contribution in [0.25, 0.3) is 0 Å². The van der Waals surface area contributed by atoms with Crippen molar-refractivity contribution in [1.29, 1.82) is 0 Å². The molecule has 4 atom stereocenters. The summed E-state index contributed by atoms with van der Waals surface area (Å²) in [5, 5.41) is 3.01. The van der Waals surface area contributed by atoms with Crippen molar-refractivity contribution in [3.63, 3.8) is 0 Å². The Bertz CT molecular complexity index is 782. The number of imide groups is 1. The summed E-state index contributed by atoms with van der Waals surface area (Å²) in [4.78, 5) is 40.2. The van der Waals surface area contributed by atoms with Crippen molar-refractivity contribution in [1.82, 2.24) is 4.90 Å². The summed E-state index contributed by atoms with van der Waals surface area (Å²) in [5.41, 5.74) is 1.99. The zero-order valence-electron chi connectivity index (χ0n) is 16.4. The number of fused-ring (bicyclic) bond motifs is 5. The largest absolute Gasteiger partial charge is 0.326 e. The summed E-state index contributed by atoms with van der Waals surface area (Å²) < 4.78 is 0. The maximum absolute atomic E-state index is 13.0. The molecule has 1 aromatic carbocycles. The Morgan fingerprint density at radius 1 is 0.893 bits per heavy atom. The van der Waals surface area contributed by atoms with Gasteiger partial charge in [-0.3, -0.25) is 19.3 Å². The molecule has 1 N–H and O–H groups in total. The zero-order chi connectivity index (χ0) is 19.4. The van der Waals surface area contributed by atoms with Crippen LogP contribution in [-0.4, -0.2) is 28.7 Å². The summed E-state index contributed by atoms with van der Waals surface area (Å²) in [5.74, 6) is 1.01. The lowest BCUT2D eigenvalue weighted by molar-refractivity contribution is -0.144. The molecule has 0 spiro atoms. The highest BCUT2D eigenvalue weighted by molar-refractivity contribution is 6.06. The molecule has 3 aliphatic carbocycles. The van der Waals surface area contributed by atoms with Crippen LogP contribution in [0.4, 0.5) is 5.69 Å². The van der Waals surface area contributed by atoms with E-state index in [0.717, 1.165) is 56.2 Å². The summed E-state index contributed by atoms with van der Waals surface area (Å²) in [6.45, 7) is 2.02. The lowest BCUT2D eigenvalue weighted by Gasteiger charge is -2.33. The van der Waals surface area contributed by atoms with Crippen molar-refractivity contribution in [3.05, 3.63) is 29.8 Å². The molecule has 3 amide bonds. The van der Waals surface area contributed by atoms with Gasteiger partial charge in [0.1, 0.15) is 0 Å². The molecule has 1 aliphatic heterocycles. The van der Waals surface area contributed by atoms with E-state index in [0.29, 0.717) is 11.8 Å². The fraction of sp³-hybridized carbons (Fsp3) is 0.609. The van der Waals surface area contributed by atoms with E-state index in [1.165, 1.54) is 0 Å². The molecule has 1 saturated heterocycles. The number of amides is 3. The van der Waals surface area contributed by atoms with E-state index in [1.807, 2.05) is 31.2 Å². The van der Waals surface area contributed by atoms with Crippen LogP contribution in [0.5, 0.6) is 0 Å². The first-order valence-corrected chi connectivity index (χ1v) is 10.8. The number of rotatable bonds is 3. The molecule has 4 fully saturated rings. The van der Waals surface area contributed by atoms with Gasteiger partial charge in [0.2, 0.25) is 17.7 Å². The first-order chi connectivity index (χ1) is 13.5. The van der Waals surface area contributed by atoms with Crippen molar-refractivity contribution in [2.45, 2.75) is 57.9 Å². The van der Waals surface area contributed by atoms with Crippen molar-refractivity contribution in [2.24, 2.45) is 29.6 Å². The Balaban J connectivity index is 1.20. The maximum atomic E-state index is 13.0. The van der Waals surface area contributed by atoms with Gasteiger partial charge in [-0.15, -0.1) is 0 Å². The highest BCUT2D eigenvalue weighted by Crippen LogP contribution is 2.56. The lowest BCUT2D eigenvalue weighted by Crippen LogP contribution is -2.44. The van der Waals surface area contributed by atoms with Crippen LogP contribution in [0.15, 0.2) is 24.3 Å². The number of hydrogen-bond acceptors (Lipinski definition) is 3. The van der Waals surface area contributed by atoms with E-state index in [1.54, 1.807) is 4.90 Å². The Labute approximate surface area is 165 Å². The average molecular weight is 380 g/mol. The van der Waals surface area contributed by atoms with E-state index in [-0.39, 0.29) is 41.5 Å². The van der Waals surface area contributed by atoms with Crippen LogP contribution in [0.2, 0.25) is 0 Å². The minimum absolute atomic E-state index is 0.00609. The van der Waals surface area contributed by atoms with Gasteiger partial charge in [-0.1, -0.05) is 17.7 Å². The fourth-order valence-corrected chi connectivity index (χ4v) is 6.27. The van der Waals surface area contributed by atoms with Crippen LogP contribution in [0.1, 0.15) is 50.5 Å². The first-order valence-electron chi connectivity index (χ1n) is 10.8. The predicted molar refractivity (Wildman–Crippen MR) is 105 cm³/mol. The average Bonchev–Trinajstić information content (AvgIpc) is 3.38. The van der Waals surface area contributed by atoms with Crippen LogP contribution in [-0.2, 0) is 14.4 Å². The SMILES string of the molecule is Cc1ccc(NC(=O)C2CCC(N3C(=O)[C@H]4[C@@H]5CC[C@@H](C5)[C@@H]4C3=O)CC2)cc1. The molecule has 1 aromatic rings. The topological polar surface area (TPSA) is 66.5 Å². The molecule has 1 heterocycles. The van der Waals surface area contributed by atoms with Gasteiger partial charge in [-0.2, -0.15) is 0 Å². The number of likely N-dealkylation sites (tertiary alicyclic amines) is 1. The molecule has 148 valence electrons. The highest BCUT2D eigenvalue weighted by Gasteiger charge is 2.61. The van der Waals surface area contributed by atoms with Crippen LogP contribution in [0, 0.1) is 36.5 Å². The van der Waals surface area contributed by atoms with Crippen LogP contribution >= 0.6 is 0 Å². The number of anilines is 1. The number of aryl methyl sites for hydroxylation is 1. The Morgan fingerprint density at radius 2 is 1.46 bits per heavy atom. The number of carbonyl (C=O) groups excluding carboxylic acids is 3. The number of hydrogen-bond donors (Lipinski definition) is 1. The van der Waals surface area contributed by atoms with E-state index in [2.05, 4.69) is 5.32 Å². The number of nitrogens with one attached hydrogen (secondary N) is 1. The third kappa shape index (κ3) is 2.78. The van der Waals surface area contributed by atoms with Gasteiger partial charge in [0.15, 0.2) is 0 Å². The van der Waals surface area contributed by atoms with E-state index in [4.69, 9.17) is 0 Å².